The zero-order valence-corrected chi connectivity index (χ0v) is 11.9. The van der Waals surface area contributed by atoms with Crippen LogP contribution in [-0.2, 0) is 4.74 Å². The molecule has 1 saturated heterocycles. The summed E-state index contributed by atoms with van der Waals surface area (Å²) in [7, 11) is 0. The molecule has 2 nitrogen and oxygen atoms in total. The predicted octanol–water partition coefficient (Wildman–Crippen LogP) is 3.95. The van der Waals surface area contributed by atoms with Crippen molar-refractivity contribution in [2.45, 2.75) is 31.2 Å². The molecule has 0 aromatic heterocycles. The monoisotopic (exact) mass is 298 g/mol. The maximum absolute atomic E-state index is 5.63. The SMILES string of the molecule is CC(C)Oc1ccc(C(Br)C2CCOC2)cc1. The molecule has 1 aromatic carbocycles. The highest BCUT2D eigenvalue weighted by Gasteiger charge is 2.24. The molecule has 1 aliphatic rings. The Bertz CT molecular complexity index is 342. The van der Waals surface area contributed by atoms with E-state index < -0.39 is 0 Å². The topological polar surface area (TPSA) is 18.5 Å². The van der Waals surface area contributed by atoms with Gasteiger partial charge in [-0.25, -0.2) is 0 Å². The molecule has 94 valence electrons. The summed E-state index contributed by atoms with van der Waals surface area (Å²) in [5.74, 6) is 1.53. The lowest BCUT2D eigenvalue weighted by Gasteiger charge is -2.17. The minimum atomic E-state index is 0.226. The van der Waals surface area contributed by atoms with Gasteiger partial charge in [-0.2, -0.15) is 0 Å². The second-order valence-electron chi connectivity index (χ2n) is 4.76. The fourth-order valence-corrected chi connectivity index (χ4v) is 2.78. The van der Waals surface area contributed by atoms with Crippen molar-refractivity contribution < 1.29 is 9.47 Å². The minimum absolute atomic E-state index is 0.226. The zero-order valence-electron chi connectivity index (χ0n) is 10.4. The molecule has 2 rings (SSSR count). The zero-order chi connectivity index (χ0) is 12.3. The number of alkyl halides is 1. The number of benzene rings is 1. The van der Waals surface area contributed by atoms with Gasteiger partial charge >= 0.3 is 0 Å². The van der Waals surface area contributed by atoms with Crippen molar-refractivity contribution in [3.63, 3.8) is 0 Å². The van der Waals surface area contributed by atoms with E-state index in [1.165, 1.54) is 5.56 Å². The molecule has 3 heteroatoms. The second kappa shape index (κ2) is 5.87. The van der Waals surface area contributed by atoms with Crippen LogP contribution in [0.5, 0.6) is 5.75 Å². The number of hydrogen-bond acceptors (Lipinski definition) is 2. The lowest BCUT2D eigenvalue weighted by Crippen LogP contribution is -2.08. The van der Waals surface area contributed by atoms with Crippen molar-refractivity contribution in [3.05, 3.63) is 29.8 Å². The van der Waals surface area contributed by atoms with Gasteiger partial charge in [0.2, 0.25) is 0 Å². The van der Waals surface area contributed by atoms with Gasteiger partial charge in [-0.15, -0.1) is 0 Å². The molecular formula is C14H19BrO2. The summed E-state index contributed by atoms with van der Waals surface area (Å²) < 4.78 is 11.1. The fourth-order valence-electron chi connectivity index (χ4n) is 2.06. The average molecular weight is 299 g/mol. The quantitative estimate of drug-likeness (QED) is 0.784. The van der Waals surface area contributed by atoms with E-state index in [2.05, 4.69) is 28.1 Å². The summed E-state index contributed by atoms with van der Waals surface area (Å²) in [6.07, 6.45) is 1.36. The van der Waals surface area contributed by atoms with Crippen molar-refractivity contribution in [2.75, 3.05) is 13.2 Å². The van der Waals surface area contributed by atoms with Gasteiger partial charge in [-0.1, -0.05) is 28.1 Å². The van der Waals surface area contributed by atoms with Crippen molar-refractivity contribution in [1.29, 1.82) is 0 Å². The van der Waals surface area contributed by atoms with Crippen LogP contribution in [0.25, 0.3) is 0 Å². The summed E-state index contributed by atoms with van der Waals surface area (Å²) >= 11 is 3.77. The Labute approximate surface area is 111 Å². The molecule has 2 unspecified atom stereocenters. The molecule has 0 N–H and O–H groups in total. The first-order chi connectivity index (χ1) is 8.16. The van der Waals surface area contributed by atoms with Crippen molar-refractivity contribution in [1.82, 2.24) is 0 Å². The Morgan fingerprint density at radius 2 is 2.00 bits per heavy atom. The van der Waals surface area contributed by atoms with Crippen LogP contribution in [-0.4, -0.2) is 19.3 Å². The first-order valence-electron chi connectivity index (χ1n) is 6.15. The van der Waals surface area contributed by atoms with Gasteiger partial charge in [0, 0.05) is 17.4 Å². The summed E-state index contributed by atoms with van der Waals surface area (Å²) in [6.45, 7) is 5.83. The third-order valence-corrected chi connectivity index (χ3v) is 4.23. The van der Waals surface area contributed by atoms with Gasteiger partial charge in [0.1, 0.15) is 5.75 Å². The Morgan fingerprint density at radius 1 is 1.29 bits per heavy atom. The molecule has 1 fully saturated rings. The highest BCUT2D eigenvalue weighted by Crippen LogP contribution is 2.36. The van der Waals surface area contributed by atoms with Crippen molar-refractivity contribution in [3.8, 4) is 5.75 Å². The van der Waals surface area contributed by atoms with Crippen LogP contribution >= 0.6 is 15.9 Å². The predicted molar refractivity (Wildman–Crippen MR) is 72.8 cm³/mol. The minimum Gasteiger partial charge on any atom is -0.491 e. The van der Waals surface area contributed by atoms with Crippen LogP contribution in [0, 0.1) is 5.92 Å². The maximum atomic E-state index is 5.63. The van der Waals surface area contributed by atoms with E-state index in [1.807, 2.05) is 26.0 Å². The second-order valence-corrected chi connectivity index (χ2v) is 5.75. The van der Waals surface area contributed by atoms with E-state index in [1.54, 1.807) is 0 Å². The largest absolute Gasteiger partial charge is 0.491 e. The van der Waals surface area contributed by atoms with Gasteiger partial charge in [-0.05, 0) is 38.0 Å². The highest BCUT2D eigenvalue weighted by atomic mass is 79.9. The maximum Gasteiger partial charge on any atom is 0.119 e. The van der Waals surface area contributed by atoms with E-state index in [0.29, 0.717) is 10.7 Å². The first kappa shape index (κ1) is 12.9. The lowest BCUT2D eigenvalue weighted by atomic mass is 9.98. The van der Waals surface area contributed by atoms with Gasteiger partial charge in [0.05, 0.1) is 12.7 Å². The van der Waals surface area contributed by atoms with Crippen LogP contribution in [0.3, 0.4) is 0 Å². The molecule has 1 aromatic rings. The number of ether oxygens (including phenoxy) is 2. The van der Waals surface area contributed by atoms with Crippen LogP contribution in [0.15, 0.2) is 24.3 Å². The Morgan fingerprint density at radius 3 is 2.53 bits per heavy atom. The Kier molecular flexibility index (Phi) is 4.46. The lowest BCUT2D eigenvalue weighted by molar-refractivity contribution is 0.185. The van der Waals surface area contributed by atoms with Gasteiger partial charge in [0.15, 0.2) is 0 Å². The molecule has 0 radical (unpaired) electrons. The van der Waals surface area contributed by atoms with E-state index >= 15 is 0 Å². The molecule has 0 saturated carbocycles. The molecule has 1 aliphatic heterocycles. The molecule has 0 spiro atoms. The van der Waals surface area contributed by atoms with Crippen molar-refractivity contribution >= 4 is 15.9 Å². The molecule has 0 aliphatic carbocycles. The van der Waals surface area contributed by atoms with Crippen molar-refractivity contribution in [2.24, 2.45) is 5.92 Å². The molecule has 0 bridgehead atoms. The van der Waals surface area contributed by atoms with Crippen LogP contribution < -0.4 is 4.74 Å². The normalized spacial score (nSPS) is 21.8. The molecular weight excluding hydrogens is 280 g/mol. The summed E-state index contributed by atoms with van der Waals surface area (Å²) in [4.78, 5) is 0.387. The standard InChI is InChI=1S/C14H19BrO2/c1-10(2)17-13-5-3-11(4-6-13)14(15)12-7-8-16-9-12/h3-6,10,12,14H,7-9H2,1-2H3. The molecule has 2 atom stereocenters. The average Bonchev–Trinajstić information content (AvgIpc) is 2.82. The van der Waals surface area contributed by atoms with Gasteiger partial charge in [0.25, 0.3) is 0 Å². The fraction of sp³-hybridized carbons (Fsp3) is 0.571. The van der Waals surface area contributed by atoms with Crippen LogP contribution in [0.4, 0.5) is 0 Å². The number of halogens is 1. The molecule has 1 heterocycles. The Hall–Kier alpha value is -0.540. The van der Waals surface area contributed by atoms with Gasteiger partial charge < -0.3 is 9.47 Å². The summed E-state index contributed by atoms with van der Waals surface area (Å²) in [6, 6.07) is 8.35. The highest BCUT2D eigenvalue weighted by molar-refractivity contribution is 9.09. The summed E-state index contributed by atoms with van der Waals surface area (Å²) in [5.41, 5.74) is 1.30. The van der Waals surface area contributed by atoms with E-state index in [0.717, 1.165) is 25.4 Å². The first-order valence-corrected chi connectivity index (χ1v) is 7.07. The third-order valence-electron chi connectivity index (χ3n) is 2.95. The van der Waals surface area contributed by atoms with Gasteiger partial charge in [-0.3, -0.25) is 0 Å². The molecule has 17 heavy (non-hydrogen) atoms. The number of hydrogen-bond donors (Lipinski definition) is 0. The Balaban J connectivity index is 2.01. The number of rotatable bonds is 4. The smallest absolute Gasteiger partial charge is 0.119 e. The molecule has 0 amide bonds. The van der Waals surface area contributed by atoms with E-state index in [9.17, 15) is 0 Å². The van der Waals surface area contributed by atoms with E-state index in [4.69, 9.17) is 9.47 Å². The van der Waals surface area contributed by atoms with Crippen LogP contribution in [0.1, 0.15) is 30.7 Å². The van der Waals surface area contributed by atoms with E-state index in [-0.39, 0.29) is 6.10 Å². The van der Waals surface area contributed by atoms with Crippen LogP contribution in [0.2, 0.25) is 0 Å². The third kappa shape index (κ3) is 3.46. The summed E-state index contributed by atoms with van der Waals surface area (Å²) in [5, 5.41) is 0.